The minimum atomic E-state index is 0.523. The predicted octanol–water partition coefficient (Wildman–Crippen LogP) is 3.61. The highest BCUT2D eigenvalue weighted by Crippen LogP contribution is 2.17. The van der Waals surface area contributed by atoms with Crippen molar-refractivity contribution < 1.29 is 9.15 Å². The highest BCUT2D eigenvalue weighted by atomic mass is 16.5. The molecule has 1 heterocycles. The van der Waals surface area contributed by atoms with Gasteiger partial charge in [0.15, 0.2) is 5.96 Å². The lowest BCUT2D eigenvalue weighted by atomic mass is 10.2. The third-order valence-corrected chi connectivity index (χ3v) is 3.90. The summed E-state index contributed by atoms with van der Waals surface area (Å²) in [5, 5.41) is 6.53. The van der Waals surface area contributed by atoms with Gasteiger partial charge in [0, 0.05) is 19.2 Å². The van der Waals surface area contributed by atoms with E-state index in [4.69, 9.17) is 9.15 Å². The average molecular weight is 364 g/mol. The predicted molar refractivity (Wildman–Crippen MR) is 107 cm³/mol. The molecule has 1 aromatic heterocycles. The van der Waals surface area contributed by atoms with Crippen molar-refractivity contribution in [1.82, 2.24) is 15.6 Å². The molecular formula is C21H24N4O2. The average Bonchev–Trinajstić information content (AvgIpc) is 3.18. The Bertz CT molecular complexity index is 875. The summed E-state index contributed by atoms with van der Waals surface area (Å²) in [5.74, 6) is 2.18. The van der Waals surface area contributed by atoms with Crippen LogP contribution in [0.3, 0.4) is 0 Å². The normalized spacial score (nSPS) is 11.3. The Morgan fingerprint density at radius 3 is 2.67 bits per heavy atom. The highest BCUT2D eigenvalue weighted by molar-refractivity contribution is 5.79. The first-order valence-electron chi connectivity index (χ1n) is 8.94. The highest BCUT2D eigenvalue weighted by Gasteiger charge is 2.07. The quantitative estimate of drug-likeness (QED) is 0.495. The Morgan fingerprint density at radius 2 is 1.89 bits per heavy atom. The van der Waals surface area contributed by atoms with Crippen molar-refractivity contribution in [3.63, 3.8) is 0 Å². The van der Waals surface area contributed by atoms with Crippen LogP contribution < -0.4 is 15.4 Å². The van der Waals surface area contributed by atoms with Crippen molar-refractivity contribution in [2.24, 2.45) is 4.99 Å². The van der Waals surface area contributed by atoms with Gasteiger partial charge in [0.1, 0.15) is 12.0 Å². The van der Waals surface area contributed by atoms with Gasteiger partial charge in [-0.15, -0.1) is 0 Å². The van der Waals surface area contributed by atoms with Gasteiger partial charge >= 0.3 is 0 Å². The molecule has 0 atom stereocenters. The van der Waals surface area contributed by atoms with Crippen molar-refractivity contribution in [3.05, 3.63) is 72.1 Å². The number of hydrogen-bond donors (Lipinski definition) is 2. The number of aromatic nitrogens is 1. The fourth-order valence-electron chi connectivity index (χ4n) is 2.59. The van der Waals surface area contributed by atoms with Gasteiger partial charge in [-0.05, 0) is 36.8 Å². The number of oxazole rings is 1. The van der Waals surface area contributed by atoms with E-state index in [1.165, 1.54) is 0 Å². The van der Waals surface area contributed by atoms with E-state index in [2.05, 4.69) is 20.6 Å². The number of benzene rings is 2. The lowest BCUT2D eigenvalue weighted by molar-refractivity contribution is 0.340. The number of ether oxygens (including phenoxy) is 1. The molecule has 0 saturated heterocycles. The summed E-state index contributed by atoms with van der Waals surface area (Å²) in [7, 11) is 1.74. The molecule has 0 aliphatic carbocycles. The minimum absolute atomic E-state index is 0.523. The standard InChI is InChI=1S/C21H24N4O2/c1-3-26-19-11-7-8-16(12-19)13-23-21(22-2)24-14-18-15-27-20(25-18)17-9-5-4-6-10-17/h4-12,15H,3,13-14H2,1-2H3,(H2,22,23,24). The van der Waals surface area contributed by atoms with Crippen LogP contribution in [0.5, 0.6) is 5.75 Å². The minimum Gasteiger partial charge on any atom is -0.494 e. The zero-order chi connectivity index (χ0) is 18.9. The molecule has 6 heteroatoms. The summed E-state index contributed by atoms with van der Waals surface area (Å²) >= 11 is 0. The molecule has 0 aliphatic heterocycles. The molecule has 2 aromatic carbocycles. The number of hydrogen-bond acceptors (Lipinski definition) is 4. The van der Waals surface area contributed by atoms with Gasteiger partial charge in [-0.3, -0.25) is 4.99 Å². The molecule has 3 aromatic rings. The maximum atomic E-state index is 5.56. The molecule has 140 valence electrons. The molecule has 0 saturated carbocycles. The molecule has 0 unspecified atom stereocenters. The van der Waals surface area contributed by atoms with Crippen LogP contribution in [0.4, 0.5) is 0 Å². The second-order valence-corrected chi connectivity index (χ2v) is 5.87. The number of aliphatic imine (C=N–C) groups is 1. The number of nitrogens with one attached hydrogen (secondary N) is 2. The Balaban J connectivity index is 1.52. The summed E-state index contributed by atoms with van der Waals surface area (Å²) in [5.41, 5.74) is 2.90. The fraction of sp³-hybridized carbons (Fsp3) is 0.238. The van der Waals surface area contributed by atoms with E-state index >= 15 is 0 Å². The summed E-state index contributed by atoms with van der Waals surface area (Å²) in [4.78, 5) is 8.76. The summed E-state index contributed by atoms with van der Waals surface area (Å²) in [6.45, 7) is 3.80. The van der Waals surface area contributed by atoms with Crippen molar-refractivity contribution >= 4 is 5.96 Å². The van der Waals surface area contributed by atoms with Crippen LogP contribution in [0.1, 0.15) is 18.2 Å². The summed E-state index contributed by atoms with van der Waals surface area (Å²) in [6.07, 6.45) is 1.66. The van der Waals surface area contributed by atoms with Gasteiger partial charge in [0.05, 0.1) is 18.8 Å². The van der Waals surface area contributed by atoms with E-state index in [9.17, 15) is 0 Å². The molecule has 0 spiro atoms. The fourth-order valence-corrected chi connectivity index (χ4v) is 2.59. The van der Waals surface area contributed by atoms with Gasteiger partial charge in [0.2, 0.25) is 5.89 Å². The van der Waals surface area contributed by atoms with Crippen molar-refractivity contribution in [2.45, 2.75) is 20.0 Å². The maximum Gasteiger partial charge on any atom is 0.226 e. The van der Waals surface area contributed by atoms with Crippen LogP contribution in [0.15, 0.2) is 70.3 Å². The third-order valence-electron chi connectivity index (χ3n) is 3.90. The van der Waals surface area contributed by atoms with E-state index in [1.807, 2.05) is 61.5 Å². The van der Waals surface area contributed by atoms with Crippen molar-refractivity contribution in [1.29, 1.82) is 0 Å². The van der Waals surface area contributed by atoms with Crippen LogP contribution in [-0.4, -0.2) is 24.6 Å². The summed E-state index contributed by atoms with van der Waals surface area (Å²) in [6, 6.07) is 17.8. The number of rotatable bonds is 7. The van der Waals surface area contributed by atoms with E-state index in [0.29, 0.717) is 31.5 Å². The monoisotopic (exact) mass is 364 g/mol. The van der Waals surface area contributed by atoms with Crippen molar-refractivity contribution in [2.75, 3.05) is 13.7 Å². The van der Waals surface area contributed by atoms with Crippen molar-refractivity contribution in [3.8, 4) is 17.2 Å². The molecule has 0 radical (unpaired) electrons. The SMILES string of the molecule is CCOc1cccc(CNC(=NC)NCc2coc(-c3ccccc3)n2)c1. The van der Waals surface area contributed by atoms with E-state index in [1.54, 1.807) is 13.3 Å². The van der Waals surface area contributed by atoms with Gasteiger partial charge < -0.3 is 19.8 Å². The molecule has 0 aliphatic rings. The van der Waals surface area contributed by atoms with Crippen LogP contribution in [0.2, 0.25) is 0 Å². The van der Waals surface area contributed by atoms with Gasteiger partial charge in [0.25, 0.3) is 0 Å². The van der Waals surface area contributed by atoms with Crippen LogP contribution >= 0.6 is 0 Å². The first-order valence-corrected chi connectivity index (χ1v) is 8.94. The molecule has 0 amide bonds. The van der Waals surface area contributed by atoms with E-state index < -0.39 is 0 Å². The Hall–Kier alpha value is -3.28. The molecular weight excluding hydrogens is 340 g/mol. The Kier molecular flexibility index (Phi) is 6.46. The second-order valence-electron chi connectivity index (χ2n) is 5.87. The zero-order valence-corrected chi connectivity index (χ0v) is 15.6. The summed E-state index contributed by atoms with van der Waals surface area (Å²) < 4.78 is 11.1. The molecule has 3 rings (SSSR count). The van der Waals surface area contributed by atoms with Gasteiger partial charge in [-0.2, -0.15) is 0 Å². The van der Waals surface area contributed by atoms with Crippen LogP contribution in [0.25, 0.3) is 11.5 Å². The zero-order valence-electron chi connectivity index (χ0n) is 15.6. The Morgan fingerprint density at radius 1 is 1.07 bits per heavy atom. The van der Waals surface area contributed by atoms with Crippen LogP contribution in [0, 0.1) is 0 Å². The molecule has 0 fully saturated rings. The third kappa shape index (κ3) is 5.34. The largest absolute Gasteiger partial charge is 0.494 e. The second kappa shape index (κ2) is 9.43. The van der Waals surface area contributed by atoms with E-state index in [-0.39, 0.29) is 0 Å². The first-order chi connectivity index (χ1) is 13.3. The topological polar surface area (TPSA) is 71.7 Å². The maximum absolute atomic E-state index is 5.56. The number of guanidine groups is 1. The van der Waals surface area contributed by atoms with Gasteiger partial charge in [-0.25, -0.2) is 4.98 Å². The first kappa shape index (κ1) is 18.5. The van der Waals surface area contributed by atoms with Crippen LogP contribution in [-0.2, 0) is 13.1 Å². The molecule has 27 heavy (non-hydrogen) atoms. The molecule has 2 N–H and O–H groups in total. The Labute approximate surface area is 159 Å². The lowest BCUT2D eigenvalue weighted by Gasteiger charge is -2.11. The van der Waals surface area contributed by atoms with Gasteiger partial charge in [-0.1, -0.05) is 30.3 Å². The lowest BCUT2D eigenvalue weighted by Crippen LogP contribution is -2.36. The van der Waals surface area contributed by atoms with E-state index in [0.717, 1.165) is 22.6 Å². The number of nitrogens with zero attached hydrogens (tertiary/aromatic N) is 2. The molecule has 0 bridgehead atoms. The smallest absolute Gasteiger partial charge is 0.226 e. The molecule has 6 nitrogen and oxygen atoms in total.